The third-order valence-electron chi connectivity index (χ3n) is 4.28. The molecule has 1 heterocycles. The van der Waals surface area contributed by atoms with Crippen molar-refractivity contribution in [3.05, 3.63) is 48.0 Å². The Morgan fingerprint density at radius 2 is 1.86 bits per heavy atom. The Kier molecular flexibility index (Phi) is 5.64. The smallest absolute Gasteiger partial charge is 0.261 e. The van der Waals surface area contributed by atoms with E-state index < -0.39 is 16.1 Å². The molecule has 2 aromatic carbocycles. The maximum Gasteiger partial charge on any atom is 0.261 e. The van der Waals surface area contributed by atoms with E-state index in [-0.39, 0.29) is 12.7 Å². The molecule has 8 nitrogen and oxygen atoms in total. The van der Waals surface area contributed by atoms with Gasteiger partial charge in [-0.05, 0) is 48.9 Å². The molecule has 1 unspecified atom stereocenters. The normalized spacial score (nSPS) is 13.7. The highest BCUT2D eigenvalue weighted by atomic mass is 32.2. The molecule has 0 spiro atoms. The van der Waals surface area contributed by atoms with Crippen LogP contribution in [0.5, 0.6) is 17.2 Å². The summed E-state index contributed by atoms with van der Waals surface area (Å²) >= 11 is 0. The number of hydrogen-bond acceptors (Lipinski definition) is 6. The summed E-state index contributed by atoms with van der Waals surface area (Å²) in [5.41, 5.74) is 1.40. The predicted octanol–water partition coefficient (Wildman–Crippen LogP) is 1.89. The van der Waals surface area contributed by atoms with Gasteiger partial charge in [0.25, 0.3) is 5.91 Å². The Bertz CT molecular complexity index is 959. The molecule has 1 N–H and O–H groups in total. The van der Waals surface area contributed by atoms with Crippen LogP contribution in [0.15, 0.2) is 42.5 Å². The van der Waals surface area contributed by atoms with Crippen LogP contribution in [0, 0.1) is 0 Å². The molecule has 0 radical (unpaired) electrons. The molecule has 0 bridgehead atoms. The molecule has 1 aliphatic rings. The molecule has 150 valence electrons. The second-order valence-electron chi connectivity index (χ2n) is 6.39. The molecule has 1 amide bonds. The van der Waals surface area contributed by atoms with Gasteiger partial charge in [0.1, 0.15) is 5.75 Å². The Labute approximate surface area is 164 Å². The SMILES string of the molecule is CC(Oc1ccc(N(C)S(C)(=O)=O)cc1)C(=O)NCc1ccc2c(c1)OCO2. The van der Waals surface area contributed by atoms with Crippen molar-refractivity contribution < 1.29 is 27.4 Å². The number of rotatable bonds is 7. The first-order valence-corrected chi connectivity index (χ1v) is 10.5. The Balaban J connectivity index is 1.54. The predicted molar refractivity (Wildman–Crippen MR) is 104 cm³/mol. The Morgan fingerprint density at radius 3 is 2.54 bits per heavy atom. The lowest BCUT2D eigenvalue weighted by atomic mass is 10.2. The summed E-state index contributed by atoms with van der Waals surface area (Å²) < 4.78 is 40.5. The molecule has 0 aliphatic carbocycles. The van der Waals surface area contributed by atoms with Crippen molar-refractivity contribution >= 4 is 21.6 Å². The quantitative estimate of drug-likeness (QED) is 0.755. The van der Waals surface area contributed by atoms with E-state index in [1.807, 2.05) is 12.1 Å². The second-order valence-corrected chi connectivity index (χ2v) is 8.40. The van der Waals surface area contributed by atoms with Crippen molar-refractivity contribution in [1.82, 2.24) is 5.32 Å². The van der Waals surface area contributed by atoms with Crippen LogP contribution >= 0.6 is 0 Å². The highest BCUT2D eigenvalue weighted by Gasteiger charge is 2.17. The first kappa shape index (κ1) is 19.8. The monoisotopic (exact) mass is 406 g/mol. The number of carbonyl (C=O) groups is 1. The number of anilines is 1. The summed E-state index contributed by atoms with van der Waals surface area (Å²) in [7, 11) is -1.86. The summed E-state index contributed by atoms with van der Waals surface area (Å²) in [6, 6.07) is 12.0. The number of nitrogens with zero attached hydrogens (tertiary/aromatic N) is 1. The number of carbonyl (C=O) groups excluding carboxylic acids is 1. The van der Waals surface area contributed by atoms with Crippen molar-refractivity contribution in [1.29, 1.82) is 0 Å². The minimum absolute atomic E-state index is 0.203. The third-order valence-corrected chi connectivity index (χ3v) is 5.49. The van der Waals surface area contributed by atoms with Crippen molar-refractivity contribution in [2.45, 2.75) is 19.6 Å². The van der Waals surface area contributed by atoms with Crippen molar-refractivity contribution in [2.75, 3.05) is 24.4 Å². The molecule has 0 saturated carbocycles. The van der Waals surface area contributed by atoms with E-state index in [9.17, 15) is 13.2 Å². The van der Waals surface area contributed by atoms with Gasteiger partial charge in [-0.1, -0.05) is 6.07 Å². The van der Waals surface area contributed by atoms with Crippen LogP contribution in [0.1, 0.15) is 12.5 Å². The van der Waals surface area contributed by atoms with Gasteiger partial charge in [0, 0.05) is 13.6 Å². The fraction of sp³-hybridized carbons (Fsp3) is 0.316. The first-order chi connectivity index (χ1) is 13.2. The lowest BCUT2D eigenvalue weighted by Gasteiger charge is -2.18. The van der Waals surface area contributed by atoms with Crippen LogP contribution in [-0.2, 0) is 21.4 Å². The van der Waals surface area contributed by atoms with Crippen LogP contribution in [0.2, 0.25) is 0 Å². The average Bonchev–Trinajstić information content (AvgIpc) is 3.13. The largest absolute Gasteiger partial charge is 0.481 e. The number of sulfonamides is 1. The topological polar surface area (TPSA) is 94.2 Å². The van der Waals surface area contributed by atoms with Crippen LogP contribution in [0.3, 0.4) is 0 Å². The van der Waals surface area contributed by atoms with Gasteiger partial charge in [-0.25, -0.2) is 8.42 Å². The minimum Gasteiger partial charge on any atom is -0.481 e. The van der Waals surface area contributed by atoms with E-state index in [1.54, 1.807) is 37.3 Å². The van der Waals surface area contributed by atoms with Gasteiger partial charge in [-0.3, -0.25) is 9.10 Å². The highest BCUT2D eigenvalue weighted by molar-refractivity contribution is 7.92. The van der Waals surface area contributed by atoms with Gasteiger partial charge in [-0.2, -0.15) is 0 Å². The molecule has 1 aliphatic heterocycles. The van der Waals surface area contributed by atoms with Crippen molar-refractivity contribution in [3.8, 4) is 17.2 Å². The maximum absolute atomic E-state index is 12.3. The van der Waals surface area contributed by atoms with E-state index in [1.165, 1.54) is 7.05 Å². The van der Waals surface area contributed by atoms with Gasteiger partial charge < -0.3 is 19.5 Å². The average molecular weight is 406 g/mol. The fourth-order valence-corrected chi connectivity index (χ4v) is 3.07. The van der Waals surface area contributed by atoms with Crippen LogP contribution in [-0.4, -0.2) is 40.5 Å². The van der Waals surface area contributed by atoms with Crippen molar-refractivity contribution in [2.24, 2.45) is 0 Å². The molecule has 1 atom stereocenters. The van der Waals surface area contributed by atoms with Crippen LogP contribution < -0.4 is 23.8 Å². The summed E-state index contributed by atoms with van der Waals surface area (Å²) in [4.78, 5) is 12.3. The molecule has 0 aromatic heterocycles. The van der Waals surface area contributed by atoms with Gasteiger partial charge >= 0.3 is 0 Å². The zero-order chi connectivity index (χ0) is 20.3. The van der Waals surface area contributed by atoms with E-state index >= 15 is 0 Å². The first-order valence-electron chi connectivity index (χ1n) is 8.61. The molecule has 0 fully saturated rings. The number of ether oxygens (including phenoxy) is 3. The van der Waals surface area contributed by atoms with Gasteiger partial charge in [0.2, 0.25) is 16.8 Å². The molecule has 28 heavy (non-hydrogen) atoms. The molecular weight excluding hydrogens is 384 g/mol. The van der Waals surface area contributed by atoms with E-state index in [0.29, 0.717) is 29.5 Å². The van der Waals surface area contributed by atoms with Crippen LogP contribution in [0.4, 0.5) is 5.69 Å². The number of hydrogen-bond donors (Lipinski definition) is 1. The third kappa shape index (κ3) is 4.66. The number of amides is 1. The van der Waals surface area contributed by atoms with E-state index in [2.05, 4.69) is 5.32 Å². The van der Waals surface area contributed by atoms with E-state index in [0.717, 1.165) is 16.1 Å². The van der Waals surface area contributed by atoms with E-state index in [4.69, 9.17) is 14.2 Å². The summed E-state index contributed by atoms with van der Waals surface area (Å²) in [6.07, 6.45) is 0.414. The molecule has 0 saturated heterocycles. The van der Waals surface area contributed by atoms with Crippen LogP contribution in [0.25, 0.3) is 0 Å². The second kappa shape index (κ2) is 7.97. The Morgan fingerprint density at radius 1 is 1.18 bits per heavy atom. The van der Waals surface area contributed by atoms with Gasteiger partial charge in [0.05, 0.1) is 11.9 Å². The minimum atomic E-state index is -3.33. The lowest BCUT2D eigenvalue weighted by Crippen LogP contribution is -2.35. The summed E-state index contributed by atoms with van der Waals surface area (Å²) in [5, 5.41) is 2.81. The Hall–Kier alpha value is -2.94. The summed E-state index contributed by atoms with van der Waals surface area (Å²) in [6.45, 7) is 2.18. The molecule has 9 heteroatoms. The zero-order valence-corrected chi connectivity index (χ0v) is 16.7. The lowest BCUT2D eigenvalue weighted by molar-refractivity contribution is -0.127. The molecule has 3 rings (SSSR count). The standard InChI is InChI=1S/C19H22N2O6S/c1-13(27-16-7-5-15(6-8-16)21(2)28(3,23)24)19(22)20-11-14-4-9-17-18(10-14)26-12-25-17/h4-10,13H,11-12H2,1-3H3,(H,20,22). The highest BCUT2D eigenvalue weighted by Crippen LogP contribution is 2.32. The fourth-order valence-electron chi connectivity index (χ4n) is 2.57. The number of fused-ring (bicyclic) bond motifs is 1. The number of nitrogens with one attached hydrogen (secondary N) is 1. The molecular formula is C19H22N2O6S. The summed E-state index contributed by atoms with van der Waals surface area (Å²) in [5.74, 6) is 1.55. The maximum atomic E-state index is 12.3. The molecule has 2 aromatic rings. The van der Waals surface area contributed by atoms with Crippen molar-refractivity contribution in [3.63, 3.8) is 0 Å². The van der Waals surface area contributed by atoms with Gasteiger partial charge in [0.15, 0.2) is 17.6 Å². The zero-order valence-electron chi connectivity index (χ0n) is 15.8. The number of benzene rings is 2. The van der Waals surface area contributed by atoms with Gasteiger partial charge in [-0.15, -0.1) is 0 Å².